The van der Waals surface area contributed by atoms with Gasteiger partial charge in [0.25, 0.3) is 0 Å². The quantitative estimate of drug-likeness (QED) is 0.847. The number of piperidine rings is 1. The highest BCUT2D eigenvalue weighted by atomic mass is 16.2. The van der Waals surface area contributed by atoms with Crippen LogP contribution in [-0.2, 0) is 17.9 Å². The molecule has 0 bridgehead atoms. The van der Waals surface area contributed by atoms with Crippen LogP contribution in [-0.4, -0.2) is 29.9 Å². The van der Waals surface area contributed by atoms with Gasteiger partial charge in [0.2, 0.25) is 5.91 Å². The number of amides is 1. The SMILES string of the molecule is CC(C)[C@H](N)C(=O)NCc1ccc(CN2CCCCC2)cc1. The van der Waals surface area contributed by atoms with Crippen LogP contribution in [0.15, 0.2) is 24.3 Å². The van der Waals surface area contributed by atoms with Gasteiger partial charge >= 0.3 is 0 Å². The van der Waals surface area contributed by atoms with E-state index in [-0.39, 0.29) is 11.8 Å². The molecule has 0 unspecified atom stereocenters. The zero-order valence-corrected chi connectivity index (χ0v) is 13.8. The van der Waals surface area contributed by atoms with Crippen LogP contribution in [0.3, 0.4) is 0 Å². The second kappa shape index (κ2) is 8.30. The van der Waals surface area contributed by atoms with Crippen molar-refractivity contribution in [3.05, 3.63) is 35.4 Å². The summed E-state index contributed by atoms with van der Waals surface area (Å²) < 4.78 is 0. The van der Waals surface area contributed by atoms with Crippen LogP contribution in [0.4, 0.5) is 0 Å². The van der Waals surface area contributed by atoms with Gasteiger partial charge in [-0.3, -0.25) is 9.69 Å². The number of nitrogens with zero attached hydrogens (tertiary/aromatic N) is 1. The minimum absolute atomic E-state index is 0.0765. The van der Waals surface area contributed by atoms with Crippen LogP contribution in [0.2, 0.25) is 0 Å². The number of likely N-dealkylation sites (tertiary alicyclic amines) is 1. The standard InChI is InChI=1S/C18H29N3O/c1-14(2)17(19)18(22)20-12-15-6-8-16(9-7-15)13-21-10-4-3-5-11-21/h6-9,14,17H,3-5,10-13,19H2,1-2H3,(H,20,22)/t17-/m0/s1. The van der Waals surface area contributed by atoms with Crippen LogP contribution in [0.1, 0.15) is 44.2 Å². The lowest BCUT2D eigenvalue weighted by Gasteiger charge is -2.26. The first kappa shape index (κ1) is 17.0. The van der Waals surface area contributed by atoms with E-state index in [1.807, 2.05) is 13.8 Å². The second-order valence-corrected chi connectivity index (χ2v) is 6.64. The molecular formula is C18H29N3O. The van der Waals surface area contributed by atoms with Crippen molar-refractivity contribution in [3.8, 4) is 0 Å². The lowest BCUT2D eigenvalue weighted by molar-refractivity contribution is -0.123. The van der Waals surface area contributed by atoms with Gasteiger partial charge in [-0.15, -0.1) is 0 Å². The first-order valence-electron chi connectivity index (χ1n) is 8.39. The van der Waals surface area contributed by atoms with E-state index < -0.39 is 6.04 Å². The van der Waals surface area contributed by atoms with Crippen LogP contribution in [0.25, 0.3) is 0 Å². The summed E-state index contributed by atoms with van der Waals surface area (Å²) in [6.45, 7) is 7.92. The summed E-state index contributed by atoms with van der Waals surface area (Å²) in [5.74, 6) is 0.0827. The summed E-state index contributed by atoms with van der Waals surface area (Å²) in [6, 6.07) is 8.09. The van der Waals surface area contributed by atoms with Crippen LogP contribution >= 0.6 is 0 Å². The molecule has 3 N–H and O–H groups in total. The monoisotopic (exact) mass is 303 g/mol. The summed E-state index contributed by atoms with van der Waals surface area (Å²) in [5, 5.41) is 2.91. The Kier molecular flexibility index (Phi) is 6.40. The molecule has 2 rings (SSSR count). The molecule has 4 heteroatoms. The lowest BCUT2D eigenvalue weighted by Crippen LogP contribution is -2.43. The first-order valence-corrected chi connectivity index (χ1v) is 8.39. The molecule has 1 fully saturated rings. The molecule has 0 aliphatic carbocycles. The topological polar surface area (TPSA) is 58.4 Å². The lowest BCUT2D eigenvalue weighted by atomic mass is 10.0. The Hall–Kier alpha value is -1.39. The molecule has 1 saturated heterocycles. The number of hydrogen-bond acceptors (Lipinski definition) is 3. The molecule has 1 aromatic rings. The number of carbonyl (C=O) groups excluding carboxylic acids is 1. The summed E-state index contributed by atoms with van der Waals surface area (Å²) in [5.41, 5.74) is 8.30. The normalized spacial score (nSPS) is 17.5. The van der Waals surface area contributed by atoms with Crippen molar-refractivity contribution in [2.24, 2.45) is 11.7 Å². The van der Waals surface area contributed by atoms with Crippen molar-refractivity contribution in [3.63, 3.8) is 0 Å². The van der Waals surface area contributed by atoms with Crippen molar-refractivity contribution in [2.75, 3.05) is 13.1 Å². The maximum atomic E-state index is 11.8. The van der Waals surface area contributed by atoms with E-state index in [1.165, 1.54) is 37.9 Å². The number of benzene rings is 1. The Morgan fingerprint density at radius 2 is 1.73 bits per heavy atom. The van der Waals surface area contributed by atoms with Gasteiger partial charge in [-0.05, 0) is 43.0 Å². The van der Waals surface area contributed by atoms with Gasteiger partial charge in [0.05, 0.1) is 6.04 Å². The highest BCUT2D eigenvalue weighted by molar-refractivity contribution is 5.81. The van der Waals surface area contributed by atoms with E-state index in [1.54, 1.807) is 0 Å². The molecule has 122 valence electrons. The summed E-state index contributed by atoms with van der Waals surface area (Å²) >= 11 is 0. The summed E-state index contributed by atoms with van der Waals surface area (Å²) in [7, 11) is 0. The highest BCUT2D eigenvalue weighted by Crippen LogP contribution is 2.13. The number of rotatable bonds is 6. The maximum Gasteiger partial charge on any atom is 0.237 e. The van der Waals surface area contributed by atoms with Crippen LogP contribution in [0.5, 0.6) is 0 Å². The third kappa shape index (κ3) is 5.11. The van der Waals surface area contributed by atoms with Crippen molar-refractivity contribution in [1.82, 2.24) is 10.2 Å². The van der Waals surface area contributed by atoms with Gasteiger partial charge in [-0.2, -0.15) is 0 Å². The Morgan fingerprint density at radius 3 is 2.32 bits per heavy atom. The van der Waals surface area contributed by atoms with E-state index in [4.69, 9.17) is 5.73 Å². The first-order chi connectivity index (χ1) is 10.6. The van der Waals surface area contributed by atoms with E-state index in [0.717, 1.165) is 12.1 Å². The van der Waals surface area contributed by atoms with Crippen molar-refractivity contribution < 1.29 is 4.79 Å². The second-order valence-electron chi connectivity index (χ2n) is 6.64. The fourth-order valence-electron chi connectivity index (χ4n) is 2.75. The molecule has 0 radical (unpaired) electrons. The number of nitrogens with two attached hydrogens (primary N) is 1. The molecule has 0 aromatic heterocycles. The summed E-state index contributed by atoms with van der Waals surface area (Å²) in [6.07, 6.45) is 4.01. The smallest absolute Gasteiger partial charge is 0.237 e. The van der Waals surface area contributed by atoms with Crippen molar-refractivity contribution >= 4 is 5.91 Å². The van der Waals surface area contributed by atoms with E-state index in [2.05, 4.69) is 34.5 Å². The molecule has 1 heterocycles. The third-order valence-corrected chi connectivity index (χ3v) is 4.37. The zero-order chi connectivity index (χ0) is 15.9. The van der Waals surface area contributed by atoms with Gasteiger partial charge in [0.15, 0.2) is 0 Å². The van der Waals surface area contributed by atoms with Gasteiger partial charge in [-0.1, -0.05) is 44.5 Å². The molecule has 0 saturated carbocycles. The minimum Gasteiger partial charge on any atom is -0.351 e. The number of carbonyl (C=O) groups is 1. The molecule has 1 aliphatic heterocycles. The molecule has 1 atom stereocenters. The van der Waals surface area contributed by atoms with E-state index in [9.17, 15) is 4.79 Å². The fraction of sp³-hybridized carbons (Fsp3) is 0.611. The molecule has 1 aromatic carbocycles. The average molecular weight is 303 g/mol. The van der Waals surface area contributed by atoms with Gasteiger partial charge < -0.3 is 11.1 Å². The molecule has 1 aliphatic rings. The molecule has 1 amide bonds. The predicted octanol–water partition coefficient (Wildman–Crippen LogP) is 2.27. The Labute approximate surface area is 134 Å². The molecule has 4 nitrogen and oxygen atoms in total. The van der Waals surface area contributed by atoms with E-state index >= 15 is 0 Å². The largest absolute Gasteiger partial charge is 0.351 e. The average Bonchev–Trinajstić information content (AvgIpc) is 2.54. The van der Waals surface area contributed by atoms with Gasteiger partial charge in [0, 0.05) is 13.1 Å². The van der Waals surface area contributed by atoms with Gasteiger partial charge in [-0.25, -0.2) is 0 Å². The minimum atomic E-state index is -0.432. The Balaban J connectivity index is 1.80. The van der Waals surface area contributed by atoms with Crippen LogP contribution in [0, 0.1) is 5.92 Å². The highest BCUT2D eigenvalue weighted by Gasteiger charge is 2.16. The maximum absolute atomic E-state index is 11.8. The molecule has 0 spiro atoms. The van der Waals surface area contributed by atoms with Crippen molar-refractivity contribution in [2.45, 2.75) is 52.2 Å². The Bertz CT molecular complexity index is 464. The van der Waals surface area contributed by atoms with Crippen molar-refractivity contribution in [1.29, 1.82) is 0 Å². The zero-order valence-electron chi connectivity index (χ0n) is 13.8. The third-order valence-electron chi connectivity index (χ3n) is 4.37. The molecular weight excluding hydrogens is 274 g/mol. The Morgan fingerprint density at radius 1 is 1.14 bits per heavy atom. The van der Waals surface area contributed by atoms with Gasteiger partial charge in [0.1, 0.15) is 0 Å². The number of nitrogens with one attached hydrogen (secondary N) is 1. The number of hydrogen-bond donors (Lipinski definition) is 2. The predicted molar refractivity (Wildman–Crippen MR) is 90.2 cm³/mol. The summed E-state index contributed by atoms with van der Waals surface area (Å²) in [4.78, 5) is 14.4. The fourth-order valence-corrected chi connectivity index (χ4v) is 2.75. The van der Waals surface area contributed by atoms with E-state index in [0.29, 0.717) is 6.54 Å². The van der Waals surface area contributed by atoms with Crippen LogP contribution < -0.4 is 11.1 Å². The molecule has 22 heavy (non-hydrogen) atoms.